The quantitative estimate of drug-likeness (QED) is 0.782. The van der Waals surface area contributed by atoms with Gasteiger partial charge in [-0.3, -0.25) is 0 Å². The predicted molar refractivity (Wildman–Crippen MR) is 76.3 cm³/mol. The first kappa shape index (κ1) is 14.9. The Kier molecular flexibility index (Phi) is 4.14. The smallest absolute Gasteiger partial charge is 0.340 e. The minimum absolute atomic E-state index is 0.0217. The Morgan fingerprint density at radius 2 is 1.86 bits per heavy atom. The van der Waals surface area contributed by atoms with Crippen molar-refractivity contribution in [3.05, 3.63) is 59.7 Å². The van der Waals surface area contributed by atoms with Crippen molar-refractivity contribution < 1.29 is 24.9 Å². The highest BCUT2D eigenvalue weighted by Crippen LogP contribution is 2.32. The summed E-state index contributed by atoms with van der Waals surface area (Å²) in [5, 5.41) is 29.6. The number of aliphatic hydroxyl groups is 1. The Bertz CT molecular complexity index is 638. The zero-order valence-electron chi connectivity index (χ0n) is 11.5. The monoisotopic (exact) mass is 288 g/mol. The fraction of sp³-hybridized carbons (Fsp3) is 0.188. The molecule has 0 aliphatic heterocycles. The highest BCUT2D eigenvalue weighted by Gasteiger charge is 2.39. The van der Waals surface area contributed by atoms with Gasteiger partial charge in [0, 0.05) is 12.0 Å². The summed E-state index contributed by atoms with van der Waals surface area (Å²) in [4.78, 5) is 11.6. The molecule has 0 amide bonds. The van der Waals surface area contributed by atoms with Gasteiger partial charge in [0.2, 0.25) is 0 Å². The molecule has 110 valence electrons. The molecule has 0 heterocycles. The number of aliphatic carboxylic acids is 1. The van der Waals surface area contributed by atoms with E-state index in [2.05, 4.69) is 0 Å². The topological polar surface area (TPSA) is 87.0 Å². The number of phenols is 1. The normalized spacial score (nSPS) is 13.4. The van der Waals surface area contributed by atoms with E-state index in [1.54, 1.807) is 30.3 Å². The Morgan fingerprint density at radius 3 is 2.43 bits per heavy atom. The summed E-state index contributed by atoms with van der Waals surface area (Å²) in [5.74, 6) is -0.978. The average molecular weight is 288 g/mol. The van der Waals surface area contributed by atoms with Crippen LogP contribution in [0.25, 0.3) is 0 Å². The maximum absolute atomic E-state index is 11.6. The number of hydrogen-bond acceptors (Lipinski definition) is 4. The first-order valence-electron chi connectivity index (χ1n) is 6.34. The molecule has 21 heavy (non-hydrogen) atoms. The second-order valence-corrected chi connectivity index (χ2v) is 4.70. The van der Waals surface area contributed by atoms with Crippen molar-refractivity contribution in [2.75, 3.05) is 7.11 Å². The predicted octanol–water partition coefficient (Wildman–Crippen LogP) is 1.92. The summed E-state index contributed by atoms with van der Waals surface area (Å²) in [6, 6.07) is 12.5. The summed E-state index contributed by atoms with van der Waals surface area (Å²) in [5.41, 5.74) is -1.42. The van der Waals surface area contributed by atoms with Gasteiger partial charge in [0.15, 0.2) is 5.60 Å². The SMILES string of the molecule is COc1ccc(O)cc1CC(O)(C(=O)O)c1ccccc1. The molecule has 0 spiro atoms. The molecule has 2 aromatic rings. The number of carboxylic acid groups (broad SMARTS) is 1. The van der Waals surface area contributed by atoms with Crippen LogP contribution in [0.3, 0.4) is 0 Å². The van der Waals surface area contributed by atoms with E-state index in [-0.39, 0.29) is 17.7 Å². The van der Waals surface area contributed by atoms with E-state index in [0.717, 1.165) is 0 Å². The third-order valence-corrected chi connectivity index (χ3v) is 3.32. The highest BCUT2D eigenvalue weighted by molar-refractivity contribution is 5.79. The minimum atomic E-state index is -2.09. The van der Waals surface area contributed by atoms with Crippen LogP contribution in [0.15, 0.2) is 48.5 Å². The first-order chi connectivity index (χ1) is 9.97. The van der Waals surface area contributed by atoms with Gasteiger partial charge in [-0.15, -0.1) is 0 Å². The number of benzene rings is 2. The molecule has 1 unspecified atom stereocenters. The number of methoxy groups -OCH3 is 1. The summed E-state index contributed by atoms with van der Waals surface area (Å²) in [6.45, 7) is 0. The van der Waals surface area contributed by atoms with E-state index in [1.165, 1.54) is 25.3 Å². The van der Waals surface area contributed by atoms with E-state index in [9.17, 15) is 20.1 Å². The standard InChI is InChI=1S/C16H16O5/c1-21-14-8-7-13(17)9-11(14)10-16(20,15(18)19)12-5-3-2-4-6-12/h2-9,17,20H,10H2,1H3,(H,18,19). The molecule has 0 fully saturated rings. The van der Waals surface area contributed by atoms with E-state index in [0.29, 0.717) is 11.3 Å². The molecule has 0 aliphatic carbocycles. The van der Waals surface area contributed by atoms with Crippen LogP contribution in [0.2, 0.25) is 0 Å². The summed E-state index contributed by atoms with van der Waals surface area (Å²) >= 11 is 0. The summed E-state index contributed by atoms with van der Waals surface area (Å²) < 4.78 is 5.15. The van der Waals surface area contributed by atoms with Crippen molar-refractivity contribution in [1.29, 1.82) is 0 Å². The van der Waals surface area contributed by atoms with Gasteiger partial charge in [0.25, 0.3) is 0 Å². The van der Waals surface area contributed by atoms with E-state index < -0.39 is 11.6 Å². The van der Waals surface area contributed by atoms with Crippen molar-refractivity contribution in [2.24, 2.45) is 0 Å². The first-order valence-corrected chi connectivity index (χ1v) is 6.34. The molecule has 2 rings (SSSR count). The van der Waals surface area contributed by atoms with Crippen LogP contribution in [-0.2, 0) is 16.8 Å². The molecular weight excluding hydrogens is 272 g/mol. The van der Waals surface area contributed by atoms with Crippen molar-refractivity contribution in [1.82, 2.24) is 0 Å². The second-order valence-electron chi connectivity index (χ2n) is 4.70. The molecule has 5 nitrogen and oxygen atoms in total. The Morgan fingerprint density at radius 1 is 1.19 bits per heavy atom. The van der Waals surface area contributed by atoms with Gasteiger partial charge in [-0.1, -0.05) is 30.3 Å². The fourth-order valence-corrected chi connectivity index (χ4v) is 2.19. The summed E-state index contributed by atoms with van der Waals surface area (Å²) in [7, 11) is 1.44. The van der Waals surface area contributed by atoms with Crippen LogP contribution in [0, 0.1) is 0 Å². The third-order valence-electron chi connectivity index (χ3n) is 3.32. The Hall–Kier alpha value is -2.53. The van der Waals surface area contributed by atoms with Gasteiger partial charge in [-0.05, 0) is 23.8 Å². The van der Waals surface area contributed by atoms with E-state index in [4.69, 9.17) is 4.74 Å². The van der Waals surface area contributed by atoms with Gasteiger partial charge < -0.3 is 20.1 Å². The zero-order chi connectivity index (χ0) is 15.5. The van der Waals surface area contributed by atoms with Crippen LogP contribution >= 0.6 is 0 Å². The van der Waals surface area contributed by atoms with Crippen LogP contribution in [0.1, 0.15) is 11.1 Å². The second kappa shape index (κ2) is 5.85. The molecule has 0 saturated heterocycles. The molecule has 0 bridgehead atoms. The lowest BCUT2D eigenvalue weighted by atomic mass is 9.87. The molecular formula is C16H16O5. The minimum Gasteiger partial charge on any atom is -0.508 e. The Balaban J connectivity index is 2.47. The van der Waals surface area contributed by atoms with Crippen LogP contribution in [-0.4, -0.2) is 28.4 Å². The van der Waals surface area contributed by atoms with Crippen molar-refractivity contribution in [3.8, 4) is 11.5 Å². The van der Waals surface area contributed by atoms with Crippen molar-refractivity contribution in [2.45, 2.75) is 12.0 Å². The van der Waals surface area contributed by atoms with Gasteiger partial charge in [0.1, 0.15) is 11.5 Å². The van der Waals surface area contributed by atoms with Crippen LogP contribution < -0.4 is 4.74 Å². The summed E-state index contributed by atoms with van der Waals surface area (Å²) in [6.07, 6.45) is -0.218. The molecule has 1 atom stereocenters. The molecule has 0 radical (unpaired) electrons. The maximum Gasteiger partial charge on any atom is 0.340 e. The highest BCUT2D eigenvalue weighted by atomic mass is 16.5. The van der Waals surface area contributed by atoms with Crippen LogP contribution in [0.5, 0.6) is 11.5 Å². The molecule has 5 heteroatoms. The van der Waals surface area contributed by atoms with Gasteiger partial charge >= 0.3 is 5.97 Å². The van der Waals surface area contributed by atoms with E-state index >= 15 is 0 Å². The Labute approximate surface area is 122 Å². The molecule has 3 N–H and O–H groups in total. The van der Waals surface area contributed by atoms with Gasteiger partial charge in [0.05, 0.1) is 7.11 Å². The molecule has 0 aliphatic rings. The molecule has 0 aromatic heterocycles. The number of carboxylic acids is 1. The van der Waals surface area contributed by atoms with Crippen LogP contribution in [0.4, 0.5) is 0 Å². The molecule has 2 aromatic carbocycles. The average Bonchev–Trinajstić information content (AvgIpc) is 2.48. The lowest BCUT2D eigenvalue weighted by Gasteiger charge is -2.25. The number of aromatic hydroxyl groups is 1. The number of hydrogen-bond donors (Lipinski definition) is 3. The van der Waals surface area contributed by atoms with Gasteiger partial charge in [-0.2, -0.15) is 0 Å². The molecule has 0 saturated carbocycles. The largest absolute Gasteiger partial charge is 0.508 e. The van der Waals surface area contributed by atoms with E-state index in [1.807, 2.05) is 0 Å². The fourth-order valence-electron chi connectivity index (χ4n) is 2.19. The lowest BCUT2D eigenvalue weighted by molar-refractivity contribution is -0.159. The number of carbonyl (C=O) groups is 1. The number of ether oxygens (including phenoxy) is 1. The maximum atomic E-state index is 11.6. The zero-order valence-corrected chi connectivity index (χ0v) is 11.5. The lowest BCUT2D eigenvalue weighted by Crippen LogP contribution is -2.38. The van der Waals surface area contributed by atoms with Gasteiger partial charge in [-0.25, -0.2) is 4.79 Å². The van der Waals surface area contributed by atoms with Crippen molar-refractivity contribution >= 4 is 5.97 Å². The number of phenolic OH excluding ortho intramolecular Hbond substituents is 1. The van der Waals surface area contributed by atoms with Crippen molar-refractivity contribution in [3.63, 3.8) is 0 Å². The number of rotatable bonds is 5. The third kappa shape index (κ3) is 2.98.